The first-order chi connectivity index (χ1) is 21.0. The molecule has 1 saturated heterocycles. The zero-order valence-corrected chi connectivity index (χ0v) is 24.7. The molecule has 1 unspecified atom stereocenters. The molecule has 0 radical (unpaired) electrons. The van der Waals surface area contributed by atoms with E-state index in [-0.39, 0.29) is 17.9 Å². The van der Waals surface area contributed by atoms with Gasteiger partial charge in [0, 0.05) is 29.9 Å². The van der Waals surface area contributed by atoms with Gasteiger partial charge in [0.1, 0.15) is 16.9 Å². The number of ether oxygens (including phenoxy) is 3. The minimum absolute atomic E-state index is 0.227. The number of piperidine rings is 1. The van der Waals surface area contributed by atoms with E-state index in [4.69, 9.17) is 14.2 Å². The Kier molecular flexibility index (Phi) is 8.33. The number of hydrogen-bond donors (Lipinski definition) is 2. The van der Waals surface area contributed by atoms with Crippen molar-refractivity contribution < 1.29 is 23.8 Å². The summed E-state index contributed by atoms with van der Waals surface area (Å²) in [6, 6.07) is 13.2. The number of methoxy groups -OCH3 is 2. The average Bonchev–Trinajstić information content (AvgIpc) is 3.85. The molecule has 3 aromatic rings. The number of allylic oxidation sites excluding steroid dienone is 1. The first-order valence-corrected chi connectivity index (χ1v) is 15.0. The summed E-state index contributed by atoms with van der Waals surface area (Å²) < 4.78 is 17.0. The highest BCUT2D eigenvalue weighted by molar-refractivity contribution is 6.13. The largest absolute Gasteiger partial charge is 0.493 e. The van der Waals surface area contributed by atoms with Crippen molar-refractivity contribution >= 4 is 28.4 Å². The molecule has 2 heterocycles. The molecule has 2 fully saturated rings. The Hall–Kier alpha value is -4.37. The van der Waals surface area contributed by atoms with Crippen molar-refractivity contribution in [3.8, 4) is 17.2 Å². The van der Waals surface area contributed by atoms with Gasteiger partial charge in [0.05, 0.1) is 25.8 Å². The van der Waals surface area contributed by atoms with Crippen molar-refractivity contribution in [1.82, 2.24) is 15.2 Å². The maximum Gasteiger partial charge on any atom is 0.240 e. The van der Waals surface area contributed by atoms with Crippen molar-refractivity contribution in [2.24, 2.45) is 5.41 Å². The number of carbonyl (C=O) groups is 2. The summed E-state index contributed by atoms with van der Waals surface area (Å²) in [5.41, 5.74) is 1.58. The van der Waals surface area contributed by atoms with Gasteiger partial charge in [0.15, 0.2) is 11.5 Å². The van der Waals surface area contributed by atoms with E-state index in [1.165, 1.54) is 19.3 Å². The van der Waals surface area contributed by atoms with Gasteiger partial charge >= 0.3 is 0 Å². The van der Waals surface area contributed by atoms with Crippen molar-refractivity contribution in [3.63, 3.8) is 0 Å². The van der Waals surface area contributed by atoms with Crippen LogP contribution in [0.5, 0.6) is 17.2 Å². The zero-order chi connectivity index (χ0) is 29.8. The fourth-order valence-electron chi connectivity index (χ4n) is 5.82. The number of nitrogens with one attached hydrogen (secondary N) is 2. The van der Waals surface area contributed by atoms with Crippen LogP contribution in [0.2, 0.25) is 0 Å². The van der Waals surface area contributed by atoms with E-state index in [0.717, 1.165) is 41.8 Å². The van der Waals surface area contributed by atoms with E-state index in [1.54, 1.807) is 26.5 Å². The molecule has 224 valence electrons. The van der Waals surface area contributed by atoms with Gasteiger partial charge in [-0.3, -0.25) is 19.5 Å². The lowest BCUT2D eigenvalue weighted by atomic mass is 10.0. The lowest BCUT2D eigenvalue weighted by Gasteiger charge is -2.27. The van der Waals surface area contributed by atoms with Crippen LogP contribution in [0.4, 0.5) is 5.69 Å². The van der Waals surface area contributed by atoms with Gasteiger partial charge in [-0.2, -0.15) is 0 Å². The topological polar surface area (TPSA) is 102 Å². The number of rotatable bonds is 10. The Morgan fingerprint density at radius 2 is 1.74 bits per heavy atom. The lowest BCUT2D eigenvalue weighted by Crippen LogP contribution is -2.44. The molecule has 0 bridgehead atoms. The minimum Gasteiger partial charge on any atom is -0.493 e. The highest BCUT2D eigenvalue weighted by atomic mass is 16.5. The number of likely N-dealkylation sites (tertiary alicyclic amines) is 1. The maximum atomic E-state index is 13.4. The van der Waals surface area contributed by atoms with Crippen LogP contribution in [0.15, 0.2) is 72.6 Å². The summed E-state index contributed by atoms with van der Waals surface area (Å²) in [5.74, 6) is 2.03. The van der Waals surface area contributed by atoms with E-state index in [1.807, 2.05) is 48.6 Å². The predicted octanol–water partition coefficient (Wildman–Crippen LogP) is 5.36. The second-order valence-electron chi connectivity index (χ2n) is 11.4. The summed E-state index contributed by atoms with van der Waals surface area (Å²) in [6.07, 6.45) is 12.7. The molecule has 6 rings (SSSR count). The van der Waals surface area contributed by atoms with E-state index in [9.17, 15) is 9.59 Å². The average molecular weight is 583 g/mol. The number of nitrogens with zero attached hydrogens (tertiary/aromatic N) is 2. The van der Waals surface area contributed by atoms with Crippen LogP contribution >= 0.6 is 0 Å². The van der Waals surface area contributed by atoms with Crippen LogP contribution < -0.4 is 24.8 Å². The summed E-state index contributed by atoms with van der Waals surface area (Å²) >= 11 is 0. The first kappa shape index (κ1) is 28.7. The predicted molar refractivity (Wildman–Crippen MR) is 165 cm³/mol. The fourth-order valence-corrected chi connectivity index (χ4v) is 5.82. The van der Waals surface area contributed by atoms with Crippen LogP contribution in [0.3, 0.4) is 0 Å². The molecular formula is C34H38N4O5. The third-order valence-corrected chi connectivity index (χ3v) is 8.54. The Morgan fingerprint density at radius 3 is 2.47 bits per heavy atom. The second kappa shape index (κ2) is 12.5. The molecule has 3 aliphatic rings. The number of amides is 2. The number of anilines is 1. The Morgan fingerprint density at radius 1 is 0.977 bits per heavy atom. The van der Waals surface area contributed by atoms with Gasteiger partial charge in [-0.25, -0.2) is 0 Å². The number of aromatic nitrogens is 1. The van der Waals surface area contributed by atoms with Crippen molar-refractivity contribution in [1.29, 1.82) is 0 Å². The molecule has 2 N–H and O–H groups in total. The normalized spacial score (nSPS) is 19.3. The van der Waals surface area contributed by atoms with Gasteiger partial charge < -0.3 is 24.8 Å². The van der Waals surface area contributed by atoms with Crippen LogP contribution in [0.25, 0.3) is 10.9 Å². The van der Waals surface area contributed by atoms with Crippen molar-refractivity contribution in [3.05, 3.63) is 78.2 Å². The minimum atomic E-state index is -1.03. The smallest absolute Gasteiger partial charge is 0.240 e. The third-order valence-electron chi connectivity index (χ3n) is 8.54. The van der Waals surface area contributed by atoms with Gasteiger partial charge in [0.25, 0.3) is 0 Å². The third kappa shape index (κ3) is 6.22. The lowest BCUT2D eigenvalue weighted by molar-refractivity contribution is -0.134. The van der Waals surface area contributed by atoms with Crippen LogP contribution in [0.1, 0.15) is 44.1 Å². The summed E-state index contributed by atoms with van der Waals surface area (Å²) in [4.78, 5) is 33.6. The Bertz CT molecular complexity index is 1570. The Balaban J connectivity index is 1.07. The highest BCUT2D eigenvalue weighted by Crippen LogP contribution is 2.47. The molecule has 2 amide bonds. The second-order valence-corrected chi connectivity index (χ2v) is 11.4. The number of para-hydroxylation sites is 1. The number of fused-ring (bicyclic) bond motifs is 1. The van der Waals surface area contributed by atoms with Crippen molar-refractivity contribution in [2.75, 3.05) is 32.6 Å². The molecule has 0 spiro atoms. The number of hydrogen-bond acceptors (Lipinski definition) is 7. The summed E-state index contributed by atoms with van der Waals surface area (Å²) in [5, 5.41) is 6.96. The van der Waals surface area contributed by atoms with Gasteiger partial charge in [-0.15, -0.1) is 0 Å². The quantitative estimate of drug-likeness (QED) is 0.310. The molecule has 1 aromatic heterocycles. The Labute approximate surface area is 251 Å². The SMILES string of the molecule is COc1cc2nccc(OC3=CCC(NC(=O)C4(C(=O)Nc5ccccc5CN5CCCCC5)CC4)C=C3)c2cc1OC. The number of carbonyl (C=O) groups excluding carboxylic acids is 2. The molecule has 1 aliphatic heterocycles. The standard InChI is InChI=1S/C34H38N4O5/c1-41-30-20-26-28(21-31(30)42-2)35-17-14-29(26)43-25-12-10-24(11-13-25)36-32(39)34(15-16-34)33(40)37-27-9-5-4-8-23(27)22-38-18-6-3-7-19-38/h4-5,8-10,12-14,17,20-21,24H,3,6-7,11,15-16,18-19,22H2,1-2H3,(H,36,39)(H,37,40). The monoisotopic (exact) mass is 582 g/mol. The summed E-state index contributed by atoms with van der Waals surface area (Å²) in [7, 11) is 3.18. The molecule has 2 aromatic carbocycles. The molecule has 9 heteroatoms. The zero-order valence-electron chi connectivity index (χ0n) is 24.7. The maximum absolute atomic E-state index is 13.4. The fraction of sp³-hybridized carbons (Fsp3) is 0.382. The van der Waals surface area contributed by atoms with E-state index in [2.05, 4.69) is 26.6 Å². The first-order valence-electron chi connectivity index (χ1n) is 15.0. The molecular weight excluding hydrogens is 544 g/mol. The van der Waals surface area contributed by atoms with Crippen LogP contribution in [-0.4, -0.2) is 55.0 Å². The van der Waals surface area contributed by atoms with E-state index in [0.29, 0.717) is 42.3 Å². The van der Waals surface area contributed by atoms with Crippen LogP contribution in [-0.2, 0) is 16.1 Å². The van der Waals surface area contributed by atoms with Crippen LogP contribution in [0, 0.1) is 5.41 Å². The van der Waals surface area contributed by atoms with E-state index < -0.39 is 5.41 Å². The summed E-state index contributed by atoms with van der Waals surface area (Å²) in [6.45, 7) is 2.96. The van der Waals surface area contributed by atoms with Crippen molar-refractivity contribution in [2.45, 2.75) is 51.1 Å². The molecule has 2 aliphatic carbocycles. The number of pyridine rings is 1. The van der Waals surface area contributed by atoms with Gasteiger partial charge in [-0.1, -0.05) is 30.7 Å². The molecule has 43 heavy (non-hydrogen) atoms. The molecule has 1 atom stereocenters. The highest BCUT2D eigenvalue weighted by Gasteiger charge is 2.56. The number of benzene rings is 2. The molecule has 9 nitrogen and oxygen atoms in total. The van der Waals surface area contributed by atoms with E-state index >= 15 is 0 Å². The molecule has 1 saturated carbocycles. The van der Waals surface area contributed by atoms with Gasteiger partial charge in [-0.05, 0) is 81.1 Å². The van der Waals surface area contributed by atoms with Gasteiger partial charge in [0.2, 0.25) is 11.8 Å².